The number of amides is 2. The van der Waals surface area contributed by atoms with Crippen molar-refractivity contribution >= 4 is 23.3 Å². The summed E-state index contributed by atoms with van der Waals surface area (Å²) in [6.45, 7) is 6.57. The highest BCUT2D eigenvalue weighted by molar-refractivity contribution is 5.95. The van der Waals surface area contributed by atoms with Crippen molar-refractivity contribution in [2.75, 3.05) is 37.4 Å². The highest BCUT2D eigenvalue weighted by Crippen LogP contribution is 2.27. The average Bonchev–Trinajstić information content (AvgIpc) is 3.42. The van der Waals surface area contributed by atoms with Gasteiger partial charge in [-0.25, -0.2) is 0 Å². The fourth-order valence-corrected chi connectivity index (χ4v) is 3.62. The number of aromatic nitrogens is 1. The molecule has 3 aromatic rings. The number of anilines is 2. The van der Waals surface area contributed by atoms with Crippen LogP contribution in [0.3, 0.4) is 0 Å². The molecule has 178 valence electrons. The molecule has 2 amide bonds. The van der Waals surface area contributed by atoms with Crippen LogP contribution in [0.4, 0.5) is 11.5 Å². The smallest absolute Gasteiger partial charge is 0.239 e. The number of nitriles is 1. The molecule has 1 aromatic carbocycles. The molecule has 0 spiro atoms. The Balaban J connectivity index is 1.67. The number of benzene rings is 1. The summed E-state index contributed by atoms with van der Waals surface area (Å²) < 4.78 is 12.4. The largest absolute Gasteiger partial charge is 0.497 e. The third-order valence-corrected chi connectivity index (χ3v) is 5.65. The fourth-order valence-electron chi connectivity index (χ4n) is 3.62. The van der Waals surface area contributed by atoms with E-state index in [2.05, 4.69) is 16.7 Å². The molecule has 0 aliphatic rings. The molecule has 0 saturated carbocycles. The van der Waals surface area contributed by atoms with Gasteiger partial charge in [-0.3, -0.25) is 14.5 Å². The minimum absolute atomic E-state index is 0.00142. The number of likely N-dealkylation sites (N-methyl/N-ethyl adjacent to an activating group) is 1. The van der Waals surface area contributed by atoms with E-state index in [4.69, 9.17) is 9.15 Å². The van der Waals surface area contributed by atoms with E-state index >= 15 is 0 Å². The van der Waals surface area contributed by atoms with Crippen LogP contribution in [0.2, 0.25) is 0 Å². The van der Waals surface area contributed by atoms with E-state index in [9.17, 15) is 14.9 Å². The summed E-state index contributed by atoms with van der Waals surface area (Å²) in [5, 5.41) is 15.4. The predicted octanol–water partition coefficient (Wildman–Crippen LogP) is 3.53. The first-order chi connectivity index (χ1) is 16.4. The first-order valence-electron chi connectivity index (χ1n) is 10.9. The number of rotatable bonds is 10. The second-order valence-corrected chi connectivity index (χ2v) is 7.84. The molecule has 0 atom stereocenters. The van der Waals surface area contributed by atoms with Crippen LogP contribution in [0.1, 0.15) is 29.5 Å². The van der Waals surface area contributed by atoms with Crippen LogP contribution in [-0.4, -0.2) is 48.0 Å². The normalized spacial score (nSPS) is 10.7. The van der Waals surface area contributed by atoms with Crippen LogP contribution in [0.5, 0.6) is 5.75 Å². The molecule has 9 nitrogen and oxygen atoms in total. The SMILES string of the molecule is CCN(CC(=O)Nc1ccc(OC)cc1)CC(=O)Nc1c(C#N)c(C)c(C)n1Cc1ccco1. The van der Waals surface area contributed by atoms with E-state index in [1.807, 2.05) is 31.4 Å². The van der Waals surface area contributed by atoms with E-state index in [0.29, 0.717) is 41.7 Å². The third-order valence-electron chi connectivity index (χ3n) is 5.65. The van der Waals surface area contributed by atoms with Gasteiger partial charge in [-0.1, -0.05) is 6.92 Å². The summed E-state index contributed by atoms with van der Waals surface area (Å²) >= 11 is 0. The van der Waals surface area contributed by atoms with Gasteiger partial charge >= 0.3 is 0 Å². The van der Waals surface area contributed by atoms with E-state index in [0.717, 1.165) is 11.3 Å². The lowest BCUT2D eigenvalue weighted by molar-refractivity contribution is -0.119. The summed E-state index contributed by atoms with van der Waals surface area (Å²) in [4.78, 5) is 27.1. The molecule has 0 radical (unpaired) electrons. The molecule has 0 aliphatic heterocycles. The van der Waals surface area contributed by atoms with Crippen molar-refractivity contribution in [2.45, 2.75) is 27.3 Å². The zero-order chi connectivity index (χ0) is 24.7. The lowest BCUT2D eigenvalue weighted by atomic mass is 10.2. The van der Waals surface area contributed by atoms with Gasteiger partial charge in [0.25, 0.3) is 0 Å². The molecule has 0 unspecified atom stereocenters. The second-order valence-electron chi connectivity index (χ2n) is 7.84. The van der Waals surface area contributed by atoms with Gasteiger partial charge in [0.1, 0.15) is 23.4 Å². The lowest BCUT2D eigenvalue weighted by Gasteiger charge is -2.20. The van der Waals surface area contributed by atoms with Gasteiger partial charge in [-0.2, -0.15) is 5.26 Å². The number of carbonyl (C=O) groups excluding carboxylic acids is 2. The molecule has 0 fully saturated rings. The summed E-state index contributed by atoms with van der Waals surface area (Å²) in [6, 6.07) is 12.8. The van der Waals surface area contributed by atoms with Crippen molar-refractivity contribution in [3.8, 4) is 11.8 Å². The second kappa shape index (κ2) is 11.2. The minimum Gasteiger partial charge on any atom is -0.497 e. The highest BCUT2D eigenvalue weighted by atomic mass is 16.5. The third kappa shape index (κ3) is 5.85. The van der Waals surface area contributed by atoms with Crippen LogP contribution in [0.15, 0.2) is 47.1 Å². The predicted molar refractivity (Wildman–Crippen MR) is 129 cm³/mol. The topological polar surface area (TPSA) is 113 Å². The Labute approximate surface area is 198 Å². The van der Waals surface area contributed by atoms with Crippen LogP contribution < -0.4 is 15.4 Å². The number of hydrogen-bond acceptors (Lipinski definition) is 6. The zero-order valence-electron chi connectivity index (χ0n) is 19.8. The number of hydrogen-bond donors (Lipinski definition) is 2. The summed E-state index contributed by atoms with van der Waals surface area (Å²) in [6.07, 6.45) is 1.58. The Morgan fingerprint density at radius 2 is 1.79 bits per heavy atom. The van der Waals surface area contributed by atoms with Gasteiger partial charge < -0.3 is 24.4 Å². The highest BCUT2D eigenvalue weighted by Gasteiger charge is 2.21. The number of methoxy groups -OCH3 is 1. The minimum atomic E-state index is -0.311. The van der Waals surface area contributed by atoms with Crippen molar-refractivity contribution in [3.05, 3.63) is 65.2 Å². The standard InChI is InChI=1S/C25H29N5O4/c1-5-29(15-23(31)27-19-8-10-20(33-4)11-9-19)16-24(32)28-25-22(13-26)17(2)18(3)30(25)14-21-7-6-12-34-21/h6-12H,5,14-16H2,1-4H3,(H,27,31)(H,28,32). The maximum atomic E-state index is 12.9. The van der Waals surface area contributed by atoms with Crippen LogP contribution >= 0.6 is 0 Å². The zero-order valence-corrected chi connectivity index (χ0v) is 19.8. The lowest BCUT2D eigenvalue weighted by Crippen LogP contribution is -2.39. The first kappa shape index (κ1) is 24.6. The van der Waals surface area contributed by atoms with E-state index in [1.54, 1.807) is 48.6 Å². The molecule has 34 heavy (non-hydrogen) atoms. The van der Waals surface area contributed by atoms with Crippen molar-refractivity contribution < 1.29 is 18.7 Å². The number of ether oxygens (including phenoxy) is 1. The molecule has 0 aliphatic carbocycles. The fraction of sp³-hybridized carbons (Fsp3) is 0.320. The number of furan rings is 1. The van der Waals surface area contributed by atoms with Gasteiger partial charge in [-0.05, 0) is 62.4 Å². The maximum Gasteiger partial charge on any atom is 0.239 e. The maximum absolute atomic E-state index is 12.9. The van der Waals surface area contributed by atoms with Crippen LogP contribution in [0.25, 0.3) is 0 Å². The van der Waals surface area contributed by atoms with Gasteiger partial charge in [0, 0.05) is 11.4 Å². The van der Waals surface area contributed by atoms with Gasteiger partial charge in [0.15, 0.2) is 0 Å². The molecule has 2 heterocycles. The number of nitrogens with one attached hydrogen (secondary N) is 2. The summed E-state index contributed by atoms with van der Waals surface area (Å²) in [5.41, 5.74) is 2.73. The monoisotopic (exact) mass is 463 g/mol. The first-order valence-corrected chi connectivity index (χ1v) is 10.9. The Bertz CT molecular complexity index is 1170. The Morgan fingerprint density at radius 3 is 2.35 bits per heavy atom. The summed E-state index contributed by atoms with van der Waals surface area (Å²) in [5.74, 6) is 1.30. The quantitative estimate of drug-likeness (QED) is 0.476. The molecule has 9 heteroatoms. The molecular weight excluding hydrogens is 434 g/mol. The molecule has 2 N–H and O–H groups in total. The number of carbonyl (C=O) groups is 2. The van der Waals surface area contributed by atoms with Crippen LogP contribution in [0, 0.1) is 25.2 Å². The van der Waals surface area contributed by atoms with Crippen molar-refractivity contribution in [2.24, 2.45) is 0 Å². The van der Waals surface area contributed by atoms with Crippen molar-refractivity contribution in [1.29, 1.82) is 5.26 Å². The van der Waals surface area contributed by atoms with Gasteiger partial charge in [-0.15, -0.1) is 0 Å². The Hall–Kier alpha value is -4.03. The van der Waals surface area contributed by atoms with E-state index in [-0.39, 0.29) is 24.9 Å². The Morgan fingerprint density at radius 1 is 1.12 bits per heavy atom. The molecular formula is C25H29N5O4. The molecule has 3 rings (SSSR count). The van der Waals surface area contributed by atoms with Crippen molar-refractivity contribution in [3.63, 3.8) is 0 Å². The average molecular weight is 464 g/mol. The van der Waals surface area contributed by atoms with Gasteiger partial charge in [0.05, 0.1) is 38.6 Å². The summed E-state index contributed by atoms with van der Waals surface area (Å²) in [7, 11) is 1.58. The number of nitrogens with zero attached hydrogens (tertiary/aromatic N) is 3. The van der Waals surface area contributed by atoms with Crippen LogP contribution in [-0.2, 0) is 16.1 Å². The molecule has 2 aromatic heterocycles. The Kier molecular flexibility index (Phi) is 8.11. The molecule has 0 bridgehead atoms. The molecule has 0 saturated heterocycles. The van der Waals surface area contributed by atoms with E-state index < -0.39 is 0 Å². The van der Waals surface area contributed by atoms with Crippen molar-refractivity contribution in [1.82, 2.24) is 9.47 Å². The van der Waals surface area contributed by atoms with E-state index in [1.165, 1.54) is 0 Å². The van der Waals surface area contributed by atoms with Gasteiger partial charge in [0.2, 0.25) is 11.8 Å².